The third-order valence-corrected chi connectivity index (χ3v) is 5.45. The highest BCUT2D eigenvalue weighted by atomic mass is 16.5. The summed E-state index contributed by atoms with van der Waals surface area (Å²) in [4.78, 5) is 28.2. The number of ether oxygens (including phenoxy) is 1. The van der Waals surface area contributed by atoms with Crippen molar-refractivity contribution in [2.45, 2.75) is 39.5 Å². The van der Waals surface area contributed by atoms with Crippen LogP contribution in [-0.4, -0.2) is 57.1 Å². The molecule has 8 heteroatoms. The zero-order valence-corrected chi connectivity index (χ0v) is 20.9. The second-order valence-corrected chi connectivity index (χ2v) is 8.48. The fraction of sp³-hybridized carbons (Fsp3) is 0.462. The lowest BCUT2D eigenvalue weighted by atomic mass is 10.00. The number of nitrogens with zero attached hydrogens (tertiary/aromatic N) is 4. The molecular formula is C26H36N4O4. The molecule has 0 aliphatic carbocycles. The largest absolute Gasteiger partial charge is 0.550 e. The number of carbonyl (C=O) groups is 2. The van der Waals surface area contributed by atoms with Crippen molar-refractivity contribution in [3.8, 4) is 6.07 Å². The molecule has 2 rings (SSSR count). The highest BCUT2D eigenvalue weighted by Crippen LogP contribution is 2.18. The summed E-state index contributed by atoms with van der Waals surface area (Å²) in [5, 5.41) is 19.6. The van der Waals surface area contributed by atoms with Crippen molar-refractivity contribution in [1.82, 2.24) is 0 Å². The molecule has 8 nitrogen and oxygen atoms in total. The van der Waals surface area contributed by atoms with Gasteiger partial charge in [-0.3, -0.25) is 4.48 Å². The Hall–Kier alpha value is -3.44. The SMILES string of the molecule is CCCCC(CC)C(=O)[O-].CN(C)c1ccc(/C(C#N)=C/C(=O)OCC[N+]2(C)C=CN=C2)cc1. The van der Waals surface area contributed by atoms with E-state index in [0.717, 1.165) is 24.9 Å². The minimum Gasteiger partial charge on any atom is -0.550 e. The summed E-state index contributed by atoms with van der Waals surface area (Å²) in [5.41, 5.74) is 2.00. The van der Waals surface area contributed by atoms with Gasteiger partial charge in [-0.2, -0.15) is 5.26 Å². The summed E-state index contributed by atoms with van der Waals surface area (Å²) in [7, 11) is 5.84. The molecule has 34 heavy (non-hydrogen) atoms. The van der Waals surface area contributed by atoms with E-state index < -0.39 is 11.9 Å². The summed E-state index contributed by atoms with van der Waals surface area (Å²) in [6, 6.07) is 9.47. The Morgan fingerprint density at radius 2 is 1.94 bits per heavy atom. The number of aliphatic carboxylic acids is 1. The minimum absolute atomic E-state index is 0.222. The predicted octanol–water partition coefficient (Wildman–Crippen LogP) is 3.12. The number of carboxylic acids is 1. The van der Waals surface area contributed by atoms with E-state index >= 15 is 0 Å². The van der Waals surface area contributed by atoms with Crippen LogP contribution in [0.1, 0.15) is 45.1 Å². The van der Waals surface area contributed by atoms with Crippen LogP contribution in [0.4, 0.5) is 5.69 Å². The van der Waals surface area contributed by atoms with Gasteiger partial charge in [0, 0.05) is 31.8 Å². The Balaban J connectivity index is 0.000000489. The maximum atomic E-state index is 11.9. The Kier molecular flexibility index (Phi) is 12.3. The van der Waals surface area contributed by atoms with Crippen LogP contribution in [0.3, 0.4) is 0 Å². The first-order chi connectivity index (χ1) is 16.2. The van der Waals surface area contributed by atoms with Crippen molar-refractivity contribution >= 4 is 29.5 Å². The van der Waals surface area contributed by atoms with E-state index in [0.29, 0.717) is 23.0 Å². The lowest BCUT2D eigenvalue weighted by molar-refractivity contribution is -0.756. The molecule has 0 radical (unpaired) electrons. The highest BCUT2D eigenvalue weighted by Gasteiger charge is 2.19. The number of allylic oxidation sites excluding steroid dienone is 1. The van der Waals surface area contributed by atoms with Gasteiger partial charge in [0.2, 0.25) is 0 Å². The summed E-state index contributed by atoms with van der Waals surface area (Å²) in [6.07, 6.45) is 10.2. The molecule has 184 valence electrons. The number of carboxylic acid groups (broad SMARTS) is 1. The number of likely N-dealkylation sites (N-methyl/N-ethyl adjacent to an activating group) is 1. The van der Waals surface area contributed by atoms with Crippen molar-refractivity contribution in [1.29, 1.82) is 5.26 Å². The zero-order valence-electron chi connectivity index (χ0n) is 20.9. The molecule has 0 fully saturated rings. The lowest BCUT2D eigenvalue weighted by Gasteiger charge is -2.20. The maximum absolute atomic E-state index is 11.9. The van der Waals surface area contributed by atoms with E-state index in [9.17, 15) is 20.0 Å². The number of anilines is 1. The van der Waals surface area contributed by atoms with Crippen LogP contribution >= 0.6 is 0 Å². The molecule has 0 N–H and O–H groups in total. The van der Waals surface area contributed by atoms with Gasteiger partial charge in [0.1, 0.15) is 25.4 Å². The van der Waals surface area contributed by atoms with E-state index in [1.54, 1.807) is 12.5 Å². The second-order valence-electron chi connectivity index (χ2n) is 8.48. The number of unbranched alkanes of at least 4 members (excludes halogenated alkanes) is 1. The van der Waals surface area contributed by atoms with Crippen molar-refractivity contribution < 1.29 is 23.9 Å². The van der Waals surface area contributed by atoms with Gasteiger partial charge in [-0.1, -0.05) is 38.8 Å². The summed E-state index contributed by atoms with van der Waals surface area (Å²) >= 11 is 0. The molecule has 1 heterocycles. The molecule has 0 saturated heterocycles. The van der Waals surface area contributed by atoms with E-state index in [1.165, 1.54) is 6.08 Å². The van der Waals surface area contributed by atoms with Crippen molar-refractivity contribution in [2.75, 3.05) is 39.2 Å². The average molecular weight is 469 g/mol. The van der Waals surface area contributed by atoms with Gasteiger partial charge in [0.25, 0.3) is 0 Å². The van der Waals surface area contributed by atoms with Crippen molar-refractivity contribution in [3.63, 3.8) is 0 Å². The Labute approximate surface area is 203 Å². The van der Waals surface area contributed by atoms with Crippen LogP contribution in [0.5, 0.6) is 0 Å². The highest BCUT2D eigenvalue weighted by molar-refractivity contribution is 5.95. The van der Waals surface area contributed by atoms with Crippen molar-refractivity contribution in [2.24, 2.45) is 10.9 Å². The monoisotopic (exact) mass is 468 g/mol. The number of hydrogen-bond acceptors (Lipinski definition) is 7. The first kappa shape index (κ1) is 28.6. The molecule has 1 aliphatic heterocycles. The molecule has 0 aromatic heterocycles. The van der Waals surface area contributed by atoms with Gasteiger partial charge >= 0.3 is 5.97 Å². The van der Waals surface area contributed by atoms with Gasteiger partial charge in [0.05, 0.1) is 18.8 Å². The number of carbonyl (C=O) groups excluding carboxylic acids is 2. The smallest absolute Gasteiger partial charge is 0.332 e. The predicted molar refractivity (Wildman–Crippen MR) is 132 cm³/mol. The molecule has 0 bridgehead atoms. The lowest BCUT2D eigenvalue weighted by Crippen LogP contribution is -2.38. The molecular weight excluding hydrogens is 432 g/mol. The second kappa shape index (κ2) is 14.7. The molecule has 2 atom stereocenters. The Morgan fingerprint density at radius 3 is 2.41 bits per heavy atom. The summed E-state index contributed by atoms with van der Waals surface area (Å²) in [6.45, 7) is 4.79. The standard InChI is InChI=1S/C18H21N4O2.C8H16O2/c1-21(2)17-6-4-15(5-7-17)16(13-19)12-18(23)24-11-10-22(3)9-8-20-14-22;1-3-5-6-7(4-2)8(9)10/h4-9,12,14H,10-11H2,1-3H3;7H,3-6H2,1-2H3,(H,9,10)/q+1;/p-1/b16-12+;. The third kappa shape index (κ3) is 10.0. The fourth-order valence-corrected chi connectivity index (χ4v) is 3.11. The van der Waals surface area contributed by atoms with E-state index in [-0.39, 0.29) is 18.1 Å². The van der Waals surface area contributed by atoms with E-state index in [4.69, 9.17) is 4.74 Å². The van der Waals surface area contributed by atoms with Gasteiger partial charge < -0.3 is 19.5 Å². The van der Waals surface area contributed by atoms with Gasteiger partial charge in [0.15, 0.2) is 6.34 Å². The first-order valence-corrected chi connectivity index (χ1v) is 11.5. The van der Waals surface area contributed by atoms with Gasteiger partial charge in [-0.15, -0.1) is 0 Å². The quantitative estimate of drug-likeness (QED) is 0.214. The zero-order chi connectivity index (χ0) is 25.6. The number of nitriles is 1. The van der Waals surface area contributed by atoms with Gasteiger partial charge in [-0.05, 0) is 36.5 Å². The summed E-state index contributed by atoms with van der Waals surface area (Å²) in [5.74, 6) is -1.63. The Bertz CT molecular complexity index is 915. The molecule has 1 aromatic rings. The molecule has 1 aromatic carbocycles. The van der Waals surface area contributed by atoms with Crippen LogP contribution in [0, 0.1) is 17.2 Å². The number of rotatable bonds is 11. The maximum Gasteiger partial charge on any atom is 0.332 e. The number of hydrogen-bond donors (Lipinski definition) is 0. The van der Waals surface area contributed by atoms with Crippen molar-refractivity contribution in [3.05, 3.63) is 48.3 Å². The minimum atomic E-state index is -0.893. The molecule has 1 aliphatic rings. The van der Waals surface area contributed by atoms with Crippen LogP contribution in [0.25, 0.3) is 5.57 Å². The topological polar surface area (TPSA) is 106 Å². The normalized spacial score (nSPS) is 17.4. The fourth-order valence-electron chi connectivity index (χ4n) is 3.11. The number of aliphatic imine (C=N–C) groups is 1. The number of benzene rings is 1. The average Bonchev–Trinajstić information content (AvgIpc) is 3.24. The first-order valence-electron chi connectivity index (χ1n) is 11.5. The van der Waals surface area contributed by atoms with Gasteiger partial charge in [-0.25, -0.2) is 9.79 Å². The van der Waals surface area contributed by atoms with Crippen LogP contribution in [0.2, 0.25) is 0 Å². The van der Waals surface area contributed by atoms with Crippen LogP contribution in [0.15, 0.2) is 47.7 Å². The molecule has 0 saturated carbocycles. The molecule has 0 amide bonds. The third-order valence-electron chi connectivity index (χ3n) is 5.45. The number of esters is 1. The molecule has 2 unspecified atom stereocenters. The van der Waals surface area contributed by atoms with Crippen LogP contribution in [-0.2, 0) is 14.3 Å². The number of quaternary nitrogens is 1. The molecule has 0 spiro atoms. The van der Waals surface area contributed by atoms with Crippen LogP contribution < -0.4 is 10.0 Å². The van der Waals surface area contributed by atoms with E-state index in [2.05, 4.69) is 11.9 Å². The Morgan fingerprint density at radius 1 is 1.26 bits per heavy atom. The van der Waals surface area contributed by atoms with E-state index in [1.807, 2.05) is 69.5 Å². The summed E-state index contributed by atoms with van der Waals surface area (Å²) < 4.78 is 5.69.